The van der Waals surface area contributed by atoms with E-state index in [0.29, 0.717) is 12.0 Å². The van der Waals surface area contributed by atoms with Crippen molar-refractivity contribution in [3.63, 3.8) is 0 Å². The molecule has 7 heteroatoms. The molecule has 0 atom stereocenters. The van der Waals surface area contributed by atoms with Crippen molar-refractivity contribution in [2.75, 3.05) is 18.0 Å². The van der Waals surface area contributed by atoms with Gasteiger partial charge >= 0.3 is 0 Å². The summed E-state index contributed by atoms with van der Waals surface area (Å²) in [5.41, 5.74) is 7.40. The molecule has 0 N–H and O–H groups in total. The number of aliphatic imine (C=N–C) groups is 1. The Morgan fingerprint density at radius 2 is 1.73 bits per heavy atom. The van der Waals surface area contributed by atoms with Crippen LogP contribution in [0.4, 0.5) is 11.4 Å². The molecule has 2 fully saturated rings. The Balaban J connectivity index is 1.05. The first kappa shape index (κ1) is 28.6. The summed E-state index contributed by atoms with van der Waals surface area (Å²) in [7, 11) is 0. The van der Waals surface area contributed by atoms with Crippen LogP contribution in [0.2, 0.25) is 0 Å². The molecule has 1 saturated heterocycles. The van der Waals surface area contributed by atoms with Gasteiger partial charge in [0.25, 0.3) is 0 Å². The van der Waals surface area contributed by atoms with E-state index in [1.165, 1.54) is 74.8 Å². The van der Waals surface area contributed by atoms with Crippen molar-refractivity contribution in [2.24, 2.45) is 10.4 Å². The second-order valence-electron chi connectivity index (χ2n) is 11.4. The minimum Gasteiger partial charge on any atom is -0.485 e. The highest BCUT2D eigenvalue weighted by Crippen LogP contribution is 2.45. The van der Waals surface area contributed by atoms with Gasteiger partial charge in [-0.1, -0.05) is 53.4 Å². The van der Waals surface area contributed by atoms with E-state index in [-0.39, 0.29) is 0 Å². The highest BCUT2D eigenvalue weighted by atomic mass is 79.9. The number of aryl methyl sites for hydroxylation is 1. The molecule has 1 saturated carbocycles. The summed E-state index contributed by atoms with van der Waals surface area (Å²) in [6.45, 7) is 5.01. The van der Waals surface area contributed by atoms with E-state index in [1.54, 1.807) is 11.3 Å². The number of halogens is 2. The Bertz CT molecular complexity index is 1520. The van der Waals surface area contributed by atoms with Crippen LogP contribution in [-0.2, 0) is 6.61 Å². The number of piperidine rings is 1. The maximum Gasteiger partial charge on any atom is 0.140 e. The Morgan fingerprint density at radius 1 is 0.951 bits per heavy atom. The molecule has 1 spiro atoms. The Hall–Kier alpha value is -2.48. The van der Waals surface area contributed by atoms with E-state index in [9.17, 15) is 0 Å². The maximum atomic E-state index is 5.95. The number of nitrogens with zero attached hydrogens (tertiary/aromatic N) is 3. The number of rotatable bonds is 7. The molecular formula is C34H35Br2N3OS. The van der Waals surface area contributed by atoms with E-state index >= 15 is 0 Å². The lowest BCUT2D eigenvalue weighted by atomic mass is 9.68. The van der Waals surface area contributed by atoms with Crippen LogP contribution >= 0.6 is 43.2 Å². The molecule has 0 unspecified atom stereocenters. The van der Waals surface area contributed by atoms with Crippen molar-refractivity contribution in [1.29, 1.82) is 0 Å². The molecule has 4 aromatic rings. The fourth-order valence-corrected chi connectivity index (χ4v) is 8.02. The summed E-state index contributed by atoms with van der Waals surface area (Å²) >= 11 is 8.63. The summed E-state index contributed by atoms with van der Waals surface area (Å²) in [4.78, 5) is 12.1. The van der Waals surface area contributed by atoms with Crippen LogP contribution in [0.1, 0.15) is 61.1 Å². The third-order valence-electron chi connectivity index (χ3n) is 8.67. The van der Waals surface area contributed by atoms with E-state index in [2.05, 4.69) is 91.5 Å². The molecule has 2 aliphatic rings. The smallest absolute Gasteiger partial charge is 0.140 e. The summed E-state index contributed by atoms with van der Waals surface area (Å²) in [6.07, 6.45) is 11.9. The van der Waals surface area contributed by atoms with Gasteiger partial charge < -0.3 is 9.64 Å². The Kier molecular flexibility index (Phi) is 8.94. The first-order valence-corrected chi connectivity index (χ1v) is 17.0. The summed E-state index contributed by atoms with van der Waals surface area (Å²) < 4.78 is 7.88. The largest absolute Gasteiger partial charge is 0.485 e. The van der Waals surface area contributed by atoms with Gasteiger partial charge in [-0.2, -0.15) is 0 Å². The average Bonchev–Trinajstić information content (AvgIpc) is 3.46. The second kappa shape index (κ2) is 12.8. The number of aromatic nitrogens is 1. The normalized spacial score (nSPS) is 16.9. The quantitative estimate of drug-likeness (QED) is 0.181. The van der Waals surface area contributed by atoms with Crippen LogP contribution in [0.15, 0.2) is 80.0 Å². The molecule has 1 aliphatic heterocycles. The summed E-state index contributed by atoms with van der Waals surface area (Å²) in [5, 5.41) is 3.02. The summed E-state index contributed by atoms with van der Waals surface area (Å²) in [6, 6.07) is 21.0. The maximum absolute atomic E-state index is 5.95. The van der Waals surface area contributed by atoms with Gasteiger partial charge in [0, 0.05) is 40.4 Å². The fraction of sp³-hybridized carbons (Fsp3) is 0.353. The van der Waals surface area contributed by atoms with Crippen molar-refractivity contribution in [3.8, 4) is 17.0 Å². The third-order valence-corrected chi connectivity index (χ3v) is 10.6. The van der Waals surface area contributed by atoms with Crippen LogP contribution in [-0.4, -0.2) is 24.3 Å². The molecule has 6 rings (SSSR count). The summed E-state index contributed by atoms with van der Waals surface area (Å²) in [5.74, 6) is 0.802. The number of anilines is 1. The third kappa shape index (κ3) is 6.95. The monoisotopic (exact) mass is 691 g/mol. The second-order valence-corrected chi connectivity index (χ2v) is 14.1. The molecule has 0 amide bonds. The van der Waals surface area contributed by atoms with Crippen LogP contribution in [0, 0.1) is 12.3 Å². The van der Waals surface area contributed by atoms with Crippen molar-refractivity contribution in [3.05, 3.63) is 91.1 Å². The molecule has 1 aromatic heterocycles. The molecule has 2 heterocycles. The van der Waals surface area contributed by atoms with Crippen molar-refractivity contribution >= 4 is 60.8 Å². The molecule has 212 valence electrons. The Morgan fingerprint density at radius 3 is 2.46 bits per heavy atom. The lowest BCUT2D eigenvalue weighted by Gasteiger charge is -2.45. The van der Waals surface area contributed by atoms with Gasteiger partial charge in [-0.15, -0.1) is 11.3 Å². The van der Waals surface area contributed by atoms with Crippen molar-refractivity contribution in [2.45, 2.75) is 58.5 Å². The molecule has 0 bridgehead atoms. The minimum atomic E-state index is 0.434. The number of ether oxygens (including phenoxy) is 1. The topological polar surface area (TPSA) is 37.7 Å². The fourth-order valence-electron chi connectivity index (χ4n) is 6.15. The zero-order chi connectivity index (χ0) is 28.2. The predicted octanol–water partition coefficient (Wildman–Crippen LogP) is 10.5. The highest BCUT2D eigenvalue weighted by Gasteiger charge is 2.35. The average molecular weight is 694 g/mol. The van der Waals surface area contributed by atoms with Gasteiger partial charge in [0.1, 0.15) is 17.4 Å². The van der Waals surface area contributed by atoms with Crippen LogP contribution in [0.25, 0.3) is 11.3 Å². The first-order valence-electron chi connectivity index (χ1n) is 14.5. The van der Waals surface area contributed by atoms with E-state index < -0.39 is 0 Å². The first-order chi connectivity index (χ1) is 20.0. The molecule has 41 heavy (non-hydrogen) atoms. The molecule has 4 nitrogen and oxygen atoms in total. The number of thiazole rings is 1. The molecule has 1 aliphatic carbocycles. The van der Waals surface area contributed by atoms with Gasteiger partial charge in [-0.25, -0.2) is 4.98 Å². The van der Waals surface area contributed by atoms with Crippen LogP contribution < -0.4 is 9.64 Å². The molecular weight excluding hydrogens is 658 g/mol. The highest BCUT2D eigenvalue weighted by molar-refractivity contribution is 9.11. The molecule has 0 radical (unpaired) electrons. The standard InChI is InChI=1S/C34H35Br2N3OS/c1-24-19-29(39-17-15-34(16-18-39)13-3-2-4-14-34)11-7-26(24)21-37-28-9-5-25(6-10-28)31-23-41-33(38-31)22-40-32-12-8-27(35)20-30(32)36/h5-12,19-21,23H,2-4,13-18,22H2,1H3. The SMILES string of the molecule is Cc1cc(N2CCC3(CCCCC3)CC2)ccc1C=Nc1ccc(-c2csc(COc3ccc(Br)cc3Br)n2)cc1. The van der Waals surface area contributed by atoms with Gasteiger partial charge in [0.05, 0.1) is 15.9 Å². The molecule has 3 aromatic carbocycles. The van der Waals surface area contributed by atoms with Crippen molar-refractivity contribution < 1.29 is 4.74 Å². The lowest BCUT2D eigenvalue weighted by molar-refractivity contribution is 0.144. The van der Waals surface area contributed by atoms with Crippen molar-refractivity contribution in [1.82, 2.24) is 4.98 Å². The van der Waals surface area contributed by atoms with E-state index in [1.807, 2.05) is 24.4 Å². The van der Waals surface area contributed by atoms with Crippen LogP contribution in [0.5, 0.6) is 5.75 Å². The zero-order valence-corrected chi connectivity index (χ0v) is 27.4. The van der Waals surface area contributed by atoms with Gasteiger partial charge in [0.15, 0.2) is 0 Å². The zero-order valence-electron chi connectivity index (χ0n) is 23.4. The number of benzene rings is 3. The van der Waals surface area contributed by atoms with Gasteiger partial charge in [-0.3, -0.25) is 4.99 Å². The van der Waals surface area contributed by atoms with E-state index in [4.69, 9.17) is 14.7 Å². The van der Waals surface area contributed by atoms with Gasteiger partial charge in [-0.05, 0) is 108 Å². The van der Waals surface area contributed by atoms with Gasteiger partial charge in [0.2, 0.25) is 0 Å². The predicted molar refractivity (Wildman–Crippen MR) is 179 cm³/mol. The van der Waals surface area contributed by atoms with Crippen LogP contribution in [0.3, 0.4) is 0 Å². The number of hydrogen-bond acceptors (Lipinski definition) is 5. The lowest BCUT2D eigenvalue weighted by Crippen LogP contribution is -2.41. The Labute approximate surface area is 264 Å². The number of hydrogen-bond donors (Lipinski definition) is 0. The van der Waals surface area contributed by atoms with E-state index in [0.717, 1.165) is 36.6 Å². The minimum absolute atomic E-state index is 0.434.